The van der Waals surface area contributed by atoms with Crippen LogP contribution < -0.4 is 10.6 Å². The summed E-state index contributed by atoms with van der Waals surface area (Å²) in [5.74, 6) is 0.820. The highest BCUT2D eigenvalue weighted by molar-refractivity contribution is 6.03. The fourth-order valence-electron chi connectivity index (χ4n) is 5.76. The third-order valence-electron chi connectivity index (χ3n) is 7.47. The number of rotatable bonds is 4. The molecule has 8 nitrogen and oxygen atoms in total. The first kappa shape index (κ1) is 21.0. The van der Waals surface area contributed by atoms with Crippen LogP contribution in [0.15, 0.2) is 48.5 Å². The number of H-pyrrole nitrogens is 1. The van der Waals surface area contributed by atoms with Crippen molar-refractivity contribution >= 4 is 39.4 Å². The Morgan fingerprint density at radius 2 is 1.85 bits per heavy atom. The van der Waals surface area contributed by atoms with E-state index in [1.807, 2.05) is 42.5 Å². The van der Waals surface area contributed by atoms with Crippen LogP contribution in [0.3, 0.4) is 0 Å². The topological polar surface area (TPSA) is 105 Å². The fourth-order valence-corrected chi connectivity index (χ4v) is 5.76. The van der Waals surface area contributed by atoms with E-state index in [0.29, 0.717) is 28.6 Å². The maximum Gasteiger partial charge on any atom is 0.296 e. The molecule has 8 heteroatoms. The molecule has 0 bridgehead atoms. The number of carbonyl (C=O) groups is 2. The highest BCUT2D eigenvalue weighted by atomic mass is 16.2. The van der Waals surface area contributed by atoms with E-state index in [1.54, 1.807) is 6.07 Å². The predicted octanol–water partition coefficient (Wildman–Crippen LogP) is 4.10. The van der Waals surface area contributed by atoms with Gasteiger partial charge in [-0.2, -0.15) is 4.68 Å². The van der Waals surface area contributed by atoms with Gasteiger partial charge < -0.3 is 15.6 Å². The van der Waals surface area contributed by atoms with Crippen molar-refractivity contribution in [1.82, 2.24) is 25.3 Å². The second kappa shape index (κ2) is 8.68. The van der Waals surface area contributed by atoms with Crippen molar-refractivity contribution in [3.05, 3.63) is 54.2 Å². The third kappa shape index (κ3) is 3.77. The van der Waals surface area contributed by atoms with Crippen LogP contribution in [0.25, 0.3) is 21.9 Å². The van der Waals surface area contributed by atoms with E-state index < -0.39 is 0 Å². The summed E-state index contributed by atoms with van der Waals surface area (Å²) in [5.41, 5.74) is 3.31. The lowest BCUT2D eigenvalue weighted by molar-refractivity contribution is -0.119. The number of para-hydroxylation sites is 1. The quantitative estimate of drug-likeness (QED) is 0.429. The summed E-state index contributed by atoms with van der Waals surface area (Å²) in [6, 6.07) is 14.7. The standard InChI is InChI=1S/C26H28N6O2/c33-25(24-19(12-13-27-24)16-6-2-1-3-7-16)28-18-10-11-20-17(14-18)15-22(29-20)26(34)32-23-9-5-4-8-21(23)30-31-32/h4-5,8-11,14-16,19,24,27,29H,1-3,6-7,12-13H2,(H,28,33)/t19-,24-/m0/s1. The minimum Gasteiger partial charge on any atom is -0.350 e. The molecule has 34 heavy (non-hydrogen) atoms. The molecule has 174 valence electrons. The van der Waals surface area contributed by atoms with Gasteiger partial charge in [0.2, 0.25) is 5.91 Å². The van der Waals surface area contributed by atoms with Crippen LogP contribution in [-0.4, -0.2) is 44.4 Å². The van der Waals surface area contributed by atoms with E-state index in [2.05, 4.69) is 25.9 Å². The molecule has 1 saturated heterocycles. The summed E-state index contributed by atoms with van der Waals surface area (Å²) in [6.45, 7) is 0.901. The van der Waals surface area contributed by atoms with Gasteiger partial charge in [-0.3, -0.25) is 9.59 Å². The number of nitrogens with zero attached hydrogens (tertiary/aromatic N) is 3. The molecule has 1 saturated carbocycles. The minimum atomic E-state index is -0.277. The molecule has 1 aliphatic heterocycles. The lowest BCUT2D eigenvalue weighted by atomic mass is 9.76. The molecule has 1 aliphatic carbocycles. The van der Waals surface area contributed by atoms with Crippen molar-refractivity contribution in [2.75, 3.05) is 11.9 Å². The number of carbonyl (C=O) groups excluding carboxylic acids is 2. The van der Waals surface area contributed by atoms with Gasteiger partial charge in [0.15, 0.2) is 0 Å². The molecule has 2 aliphatic rings. The Balaban J connectivity index is 1.21. The van der Waals surface area contributed by atoms with Crippen molar-refractivity contribution in [3.8, 4) is 0 Å². The van der Waals surface area contributed by atoms with Crippen molar-refractivity contribution in [1.29, 1.82) is 0 Å². The molecule has 2 aromatic heterocycles. The van der Waals surface area contributed by atoms with E-state index in [0.717, 1.165) is 29.6 Å². The zero-order chi connectivity index (χ0) is 23.1. The van der Waals surface area contributed by atoms with E-state index in [4.69, 9.17) is 0 Å². The van der Waals surface area contributed by atoms with Gasteiger partial charge >= 0.3 is 0 Å². The van der Waals surface area contributed by atoms with E-state index >= 15 is 0 Å². The number of benzene rings is 2. The third-order valence-corrected chi connectivity index (χ3v) is 7.47. The molecule has 2 atom stereocenters. The number of fused-ring (bicyclic) bond motifs is 2. The minimum absolute atomic E-state index is 0.0355. The maximum absolute atomic E-state index is 13.1. The number of aromatic nitrogens is 4. The van der Waals surface area contributed by atoms with E-state index in [1.165, 1.54) is 36.8 Å². The molecule has 3 N–H and O–H groups in total. The SMILES string of the molecule is O=C(Nc1ccc2[nH]c(C(=O)n3nnc4ccccc43)cc2c1)[C@H]1NCC[C@H]1C1CCCCC1. The van der Waals surface area contributed by atoms with Crippen LogP contribution >= 0.6 is 0 Å². The molecule has 3 heterocycles. The highest BCUT2D eigenvalue weighted by Crippen LogP contribution is 2.36. The molecule has 0 radical (unpaired) electrons. The Morgan fingerprint density at radius 1 is 1.00 bits per heavy atom. The molecule has 6 rings (SSSR count). The molecule has 2 fully saturated rings. The summed E-state index contributed by atoms with van der Waals surface area (Å²) >= 11 is 0. The summed E-state index contributed by atoms with van der Waals surface area (Å²) in [5, 5.41) is 15.5. The summed E-state index contributed by atoms with van der Waals surface area (Å²) in [6.07, 6.45) is 7.44. The van der Waals surface area contributed by atoms with Crippen molar-refractivity contribution in [2.24, 2.45) is 11.8 Å². The van der Waals surface area contributed by atoms with Crippen molar-refractivity contribution < 1.29 is 9.59 Å². The Kier molecular flexibility index (Phi) is 5.37. The van der Waals surface area contributed by atoms with Gasteiger partial charge in [-0.25, -0.2) is 0 Å². The van der Waals surface area contributed by atoms with E-state index in [-0.39, 0.29) is 17.9 Å². The van der Waals surface area contributed by atoms with Gasteiger partial charge in [0.25, 0.3) is 5.91 Å². The van der Waals surface area contributed by atoms with Crippen LogP contribution in [0.1, 0.15) is 49.0 Å². The Bertz CT molecular complexity index is 1370. The second-order valence-electron chi connectivity index (χ2n) is 9.55. The average molecular weight is 457 g/mol. The molecule has 0 unspecified atom stereocenters. The molecule has 1 amide bonds. The molecular formula is C26H28N6O2. The molecule has 4 aromatic rings. The second-order valence-corrected chi connectivity index (χ2v) is 9.55. The first-order valence-corrected chi connectivity index (χ1v) is 12.2. The van der Waals surface area contributed by atoms with Crippen LogP contribution in [-0.2, 0) is 4.79 Å². The lowest BCUT2D eigenvalue weighted by Gasteiger charge is -2.30. The predicted molar refractivity (Wildman–Crippen MR) is 131 cm³/mol. The summed E-state index contributed by atoms with van der Waals surface area (Å²) < 4.78 is 1.31. The van der Waals surface area contributed by atoms with Gasteiger partial charge in [-0.05, 0) is 61.2 Å². The number of hydrogen-bond donors (Lipinski definition) is 3. The number of hydrogen-bond acceptors (Lipinski definition) is 5. The summed E-state index contributed by atoms with van der Waals surface area (Å²) in [7, 11) is 0. The fraction of sp³-hybridized carbons (Fsp3) is 0.385. The normalized spacial score (nSPS) is 21.3. The smallest absolute Gasteiger partial charge is 0.296 e. The zero-order valence-corrected chi connectivity index (χ0v) is 19.0. The Morgan fingerprint density at radius 3 is 2.74 bits per heavy atom. The first-order chi connectivity index (χ1) is 16.7. The maximum atomic E-state index is 13.1. The van der Waals surface area contributed by atoms with Crippen LogP contribution in [0.4, 0.5) is 5.69 Å². The lowest BCUT2D eigenvalue weighted by Crippen LogP contribution is -2.42. The van der Waals surface area contributed by atoms with Gasteiger partial charge in [-0.15, -0.1) is 5.10 Å². The van der Waals surface area contributed by atoms with Crippen LogP contribution in [0.5, 0.6) is 0 Å². The number of nitrogens with one attached hydrogen (secondary N) is 3. The van der Waals surface area contributed by atoms with Crippen LogP contribution in [0.2, 0.25) is 0 Å². The average Bonchev–Trinajstić information content (AvgIpc) is 3.62. The molecular weight excluding hydrogens is 428 g/mol. The van der Waals surface area contributed by atoms with Crippen LogP contribution in [0, 0.1) is 11.8 Å². The van der Waals surface area contributed by atoms with Crippen molar-refractivity contribution in [3.63, 3.8) is 0 Å². The number of aromatic amines is 1. The Hall–Kier alpha value is -3.52. The largest absolute Gasteiger partial charge is 0.350 e. The van der Waals surface area contributed by atoms with Gasteiger partial charge in [0.05, 0.1) is 11.6 Å². The van der Waals surface area contributed by atoms with Gasteiger partial charge in [-0.1, -0.05) is 49.5 Å². The number of amides is 1. The first-order valence-electron chi connectivity index (χ1n) is 12.2. The Labute approximate surface area is 197 Å². The monoisotopic (exact) mass is 456 g/mol. The van der Waals surface area contributed by atoms with Crippen molar-refractivity contribution in [2.45, 2.75) is 44.6 Å². The molecule has 2 aromatic carbocycles. The van der Waals surface area contributed by atoms with Gasteiger partial charge in [0, 0.05) is 16.6 Å². The highest BCUT2D eigenvalue weighted by Gasteiger charge is 2.38. The molecule has 0 spiro atoms. The van der Waals surface area contributed by atoms with Gasteiger partial charge in [0.1, 0.15) is 11.2 Å². The van der Waals surface area contributed by atoms with E-state index in [9.17, 15) is 9.59 Å². The summed E-state index contributed by atoms with van der Waals surface area (Å²) in [4.78, 5) is 29.4. The number of anilines is 1. The zero-order valence-electron chi connectivity index (χ0n) is 19.0.